The van der Waals surface area contributed by atoms with E-state index in [1.807, 2.05) is 0 Å². The summed E-state index contributed by atoms with van der Waals surface area (Å²) in [5.74, 6) is -0.0128. The van der Waals surface area contributed by atoms with Crippen molar-refractivity contribution in [3.63, 3.8) is 0 Å². The van der Waals surface area contributed by atoms with Crippen molar-refractivity contribution >= 4 is 5.91 Å². The average molecular weight is 248 g/mol. The van der Waals surface area contributed by atoms with Crippen molar-refractivity contribution in [3.05, 3.63) is 11.9 Å². The molecule has 1 aromatic rings. The highest BCUT2D eigenvalue weighted by molar-refractivity contribution is 5.76. The molecule has 7 heteroatoms. The molecular formula is C11H16N6O. The second kappa shape index (κ2) is 5.60. The van der Waals surface area contributed by atoms with Gasteiger partial charge in [-0.2, -0.15) is 5.26 Å². The van der Waals surface area contributed by atoms with Gasteiger partial charge < -0.3 is 10.6 Å². The number of nitrogens with zero attached hydrogens (tertiary/aromatic N) is 5. The molecule has 1 aliphatic carbocycles. The van der Waals surface area contributed by atoms with Crippen LogP contribution in [-0.4, -0.2) is 38.4 Å². The Hall–Kier alpha value is -1.94. The molecule has 1 heterocycles. The van der Waals surface area contributed by atoms with Gasteiger partial charge in [-0.05, 0) is 12.8 Å². The van der Waals surface area contributed by atoms with Gasteiger partial charge in [-0.25, -0.2) is 4.68 Å². The zero-order valence-electron chi connectivity index (χ0n) is 10.1. The van der Waals surface area contributed by atoms with Crippen LogP contribution in [0.1, 0.15) is 25.0 Å². The normalized spacial score (nSPS) is 14.2. The van der Waals surface area contributed by atoms with Crippen molar-refractivity contribution in [2.75, 3.05) is 6.54 Å². The van der Waals surface area contributed by atoms with Gasteiger partial charge in [-0.15, -0.1) is 5.10 Å². The molecule has 96 valence electrons. The molecule has 1 fully saturated rings. The van der Waals surface area contributed by atoms with Crippen molar-refractivity contribution in [2.45, 2.75) is 38.4 Å². The van der Waals surface area contributed by atoms with Crippen molar-refractivity contribution in [1.29, 1.82) is 5.26 Å². The van der Waals surface area contributed by atoms with E-state index in [0.717, 1.165) is 12.8 Å². The third-order valence-corrected chi connectivity index (χ3v) is 2.86. The molecule has 1 aromatic heterocycles. The van der Waals surface area contributed by atoms with Crippen LogP contribution in [0.25, 0.3) is 0 Å². The largest absolute Gasteiger partial charge is 0.337 e. The minimum absolute atomic E-state index is 0.0128. The number of nitriles is 1. The van der Waals surface area contributed by atoms with Crippen molar-refractivity contribution in [2.24, 2.45) is 5.73 Å². The summed E-state index contributed by atoms with van der Waals surface area (Å²) in [6.07, 6.45) is 4.10. The fraction of sp³-hybridized carbons (Fsp3) is 0.636. The molecule has 0 atom stereocenters. The molecule has 1 amide bonds. The summed E-state index contributed by atoms with van der Waals surface area (Å²) < 4.78 is 1.49. The van der Waals surface area contributed by atoms with Crippen LogP contribution in [0.2, 0.25) is 0 Å². The summed E-state index contributed by atoms with van der Waals surface area (Å²) in [4.78, 5) is 13.9. The number of hydrogen-bond acceptors (Lipinski definition) is 5. The molecule has 7 nitrogen and oxygen atoms in total. The molecule has 0 unspecified atom stereocenters. The van der Waals surface area contributed by atoms with Crippen LogP contribution in [0.5, 0.6) is 0 Å². The lowest BCUT2D eigenvalue weighted by molar-refractivity contribution is -0.132. The zero-order chi connectivity index (χ0) is 13.0. The number of rotatable bonds is 6. The first-order chi connectivity index (χ1) is 8.74. The van der Waals surface area contributed by atoms with E-state index >= 15 is 0 Å². The van der Waals surface area contributed by atoms with Gasteiger partial charge in [0.25, 0.3) is 0 Å². The maximum absolute atomic E-state index is 12.1. The highest BCUT2D eigenvalue weighted by Crippen LogP contribution is 2.27. The minimum Gasteiger partial charge on any atom is -0.337 e. The molecule has 2 N–H and O–H groups in total. The van der Waals surface area contributed by atoms with E-state index in [1.165, 1.54) is 4.68 Å². The topological polar surface area (TPSA) is 101 Å². The Kier molecular flexibility index (Phi) is 3.89. The summed E-state index contributed by atoms with van der Waals surface area (Å²) in [5, 5.41) is 16.3. The first-order valence-electron chi connectivity index (χ1n) is 6.00. The highest BCUT2D eigenvalue weighted by atomic mass is 16.2. The summed E-state index contributed by atoms with van der Waals surface area (Å²) in [6, 6.07) is 2.38. The summed E-state index contributed by atoms with van der Waals surface area (Å²) in [5.41, 5.74) is 6.10. The Balaban J connectivity index is 1.94. The van der Waals surface area contributed by atoms with Crippen molar-refractivity contribution in [1.82, 2.24) is 19.9 Å². The van der Waals surface area contributed by atoms with Gasteiger partial charge in [0, 0.05) is 19.1 Å². The lowest BCUT2D eigenvalue weighted by Gasteiger charge is -2.20. The molecule has 1 saturated carbocycles. The average Bonchev–Trinajstić information content (AvgIpc) is 3.10. The molecule has 0 saturated heterocycles. The van der Waals surface area contributed by atoms with Crippen molar-refractivity contribution < 1.29 is 4.79 Å². The molecule has 0 aromatic carbocycles. The second-order valence-electron chi connectivity index (χ2n) is 4.34. The van der Waals surface area contributed by atoms with Crippen LogP contribution in [-0.2, 0) is 17.9 Å². The number of hydrogen-bond donors (Lipinski definition) is 1. The fourth-order valence-corrected chi connectivity index (χ4v) is 1.81. The van der Waals surface area contributed by atoms with E-state index in [9.17, 15) is 4.79 Å². The van der Waals surface area contributed by atoms with Gasteiger partial charge >= 0.3 is 0 Å². The molecule has 0 aliphatic heterocycles. The van der Waals surface area contributed by atoms with Gasteiger partial charge in [0.1, 0.15) is 6.54 Å². The van der Waals surface area contributed by atoms with E-state index in [-0.39, 0.29) is 12.5 Å². The number of nitrogens with two attached hydrogens (primary N) is 1. The smallest absolute Gasteiger partial charge is 0.244 e. The van der Waals surface area contributed by atoms with E-state index in [2.05, 4.69) is 16.4 Å². The Bertz CT molecular complexity index is 458. The van der Waals surface area contributed by atoms with Crippen molar-refractivity contribution in [3.8, 4) is 6.07 Å². The number of carbonyl (C=O) groups excluding carboxylic acids is 1. The number of aromatic nitrogens is 3. The predicted octanol–water partition coefficient (Wildman–Crippen LogP) is -0.359. The van der Waals surface area contributed by atoms with Gasteiger partial charge in [0.15, 0.2) is 0 Å². The first-order valence-corrected chi connectivity index (χ1v) is 6.00. The maximum Gasteiger partial charge on any atom is 0.244 e. The minimum atomic E-state index is -0.0128. The number of carbonyl (C=O) groups is 1. The standard InChI is InChI=1S/C11H16N6O/c12-4-1-5-17(10-2-3-10)11(18)8-16-7-9(6-13)14-15-16/h7,10H,1-3,5-6,8,13H2. The summed E-state index contributed by atoms with van der Waals surface area (Å²) >= 11 is 0. The molecule has 2 rings (SSSR count). The Morgan fingerprint density at radius 3 is 3.00 bits per heavy atom. The molecule has 1 aliphatic rings. The van der Waals surface area contributed by atoms with Crippen LogP contribution < -0.4 is 5.73 Å². The van der Waals surface area contributed by atoms with Crippen LogP contribution >= 0.6 is 0 Å². The molecule has 0 bridgehead atoms. The quantitative estimate of drug-likeness (QED) is 0.741. The predicted molar refractivity (Wildman–Crippen MR) is 62.9 cm³/mol. The Labute approximate surface area is 105 Å². The SMILES string of the molecule is N#CCCN(C(=O)Cn1cc(CN)nn1)C1CC1. The Morgan fingerprint density at radius 1 is 1.67 bits per heavy atom. The van der Waals surface area contributed by atoms with E-state index in [4.69, 9.17) is 11.0 Å². The zero-order valence-corrected chi connectivity index (χ0v) is 10.1. The maximum atomic E-state index is 12.1. The van der Waals surface area contributed by atoms with Gasteiger partial charge in [0.05, 0.1) is 24.4 Å². The first kappa shape index (κ1) is 12.5. The third-order valence-electron chi connectivity index (χ3n) is 2.86. The molecular weight excluding hydrogens is 232 g/mol. The monoisotopic (exact) mass is 248 g/mol. The summed E-state index contributed by atoms with van der Waals surface area (Å²) in [7, 11) is 0. The molecule has 0 radical (unpaired) electrons. The molecule has 18 heavy (non-hydrogen) atoms. The lowest BCUT2D eigenvalue weighted by atomic mass is 10.3. The second-order valence-corrected chi connectivity index (χ2v) is 4.34. The Morgan fingerprint density at radius 2 is 2.44 bits per heavy atom. The van der Waals surface area contributed by atoms with E-state index < -0.39 is 0 Å². The van der Waals surface area contributed by atoms with Crippen LogP contribution in [0.4, 0.5) is 0 Å². The number of amides is 1. The lowest BCUT2D eigenvalue weighted by Crippen LogP contribution is -2.36. The molecule has 0 spiro atoms. The summed E-state index contributed by atoms with van der Waals surface area (Å²) in [6.45, 7) is 0.975. The fourth-order valence-electron chi connectivity index (χ4n) is 1.81. The van der Waals surface area contributed by atoms with Gasteiger partial charge in [-0.3, -0.25) is 4.79 Å². The third kappa shape index (κ3) is 3.05. The van der Waals surface area contributed by atoms with E-state index in [0.29, 0.717) is 31.2 Å². The van der Waals surface area contributed by atoms with Gasteiger partial charge in [0.2, 0.25) is 5.91 Å². The van der Waals surface area contributed by atoms with Gasteiger partial charge in [-0.1, -0.05) is 5.21 Å². The highest BCUT2D eigenvalue weighted by Gasteiger charge is 2.32. The van der Waals surface area contributed by atoms with Crippen LogP contribution in [0.3, 0.4) is 0 Å². The van der Waals surface area contributed by atoms with Crippen LogP contribution in [0.15, 0.2) is 6.20 Å². The van der Waals surface area contributed by atoms with E-state index in [1.54, 1.807) is 11.1 Å². The van der Waals surface area contributed by atoms with Crippen LogP contribution in [0, 0.1) is 11.3 Å².